The van der Waals surface area contributed by atoms with Crippen LogP contribution in [-0.2, 0) is 16.1 Å². The Morgan fingerprint density at radius 3 is 2.70 bits per heavy atom. The highest BCUT2D eigenvalue weighted by molar-refractivity contribution is 5.92. The summed E-state index contributed by atoms with van der Waals surface area (Å²) in [5.41, 5.74) is 0.832. The van der Waals surface area contributed by atoms with Crippen LogP contribution in [0.1, 0.15) is 18.4 Å². The minimum Gasteiger partial charge on any atom is -0.370 e. The topological polar surface area (TPSA) is 78.4 Å². The fourth-order valence-corrected chi connectivity index (χ4v) is 2.05. The number of likely N-dealkylation sites (N-methyl/N-ethyl adjacent to an activating group) is 1. The van der Waals surface area contributed by atoms with Gasteiger partial charge in [-0.2, -0.15) is 0 Å². The molecule has 108 valence electrons. The van der Waals surface area contributed by atoms with E-state index in [-0.39, 0.29) is 31.4 Å². The van der Waals surface area contributed by atoms with Crippen LogP contribution < -0.4 is 5.32 Å². The largest absolute Gasteiger partial charge is 0.370 e. The first-order valence-electron chi connectivity index (χ1n) is 6.59. The lowest BCUT2D eigenvalue weighted by atomic mass is 10.3. The van der Waals surface area contributed by atoms with Crippen LogP contribution in [-0.4, -0.2) is 58.3 Å². The molecule has 1 aliphatic rings. The molecule has 0 saturated carbocycles. The predicted molar refractivity (Wildman–Crippen MR) is 74.0 cm³/mol. The van der Waals surface area contributed by atoms with Crippen LogP contribution in [0.25, 0.3) is 0 Å². The maximum atomic E-state index is 11.9. The first-order valence-corrected chi connectivity index (χ1v) is 6.59. The molecule has 0 atom stereocenters. The van der Waals surface area contributed by atoms with Gasteiger partial charge in [0.15, 0.2) is 0 Å². The third-order valence-corrected chi connectivity index (χ3v) is 3.07. The predicted octanol–water partition coefficient (Wildman–Crippen LogP) is 0.0174. The Labute approximate surface area is 118 Å². The number of carbonyl (C=O) groups is 2. The average Bonchev–Trinajstić information content (AvgIpc) is 2.35. The second kappa shape index (κ2) is 5.85. The Morgan fingerprint density at radius 1 is 1.25 bits per heavy atom. The van der Waals surface area contributed by atoms with E-state index in [2.05, 4.69) is 15.3 Å². The van der Waals surface area contributed by atoms with Crippen molar-refractivity contribution >= 4 is 17.6 Å². The highest BCUT2D eigenvalue weighted by Crippen LogP contribution is 2.10. The van der Waals surface area contributed by atoms with Gasteiger partial charge in [-0.1, -0.05) is 0 Å². The van der Waals surface area contributed by atoms with Crippen molar-refractivity contribution in [2.45, 2.75) is 20.4 Å². The van der Waals surface area contributed by atoms with E-state index in [9.17, 15) is 9.59 Å². The molecule has 0 unspecified atom stereocenters. The van der Waals surface area contributed by atoms with Gasteiger partial charge in [0.25, 0.3) is 0 Å². The lowest BCUT2D eigenvalue weighted by Crippen LogP contribution is -2.51. The lowest BCUT2D eigenvalue weighted by molar-refractivity contribution is -0.149. The fourth-order valence-electron chi connectivity index (χ4n) is 2.05. The summed E-state index contributed by atoms with van der Waals surface area (Å²) in [5.74, 6) is 1.14. The summed E-state index contributed by atoms with van der Waals surface area (Å²) in [7, 11) is 1.63. The second-order valence-electron chi connectivity index (χ2n) is 4.84. The molecular formula is C13H19N5O2. The number of hydrogen-bond acceptors (Lipinski definition) is 5. The van der Waals surface area contributed by atoms with E-state index in [1.54, 1.807) is 7.05 Å². The molecule has 7 heteroatoms. The number of nitrogens with one attached hydrogen (secondary N) is 1. The number of hydrogen-bond donors (Lipinski definition) is 1. The van der Waals surface area contributed by atoms with Crippen LogP contribution in [0.2, 0.25) is 0 Å². The van der Waals surface area contributed by atoms with E-state index in [4.69, 9.17) is 0 Å². The van der Waals surface area contributed by atoms with Crippen LogP contribution in [0.4, 0.5) is 5.82 Å². The van der Waals surface area contributed by atoms with Crippen molar-refractivity contribution in [1.82, 2.24) is 19.8 Å². The molecule has 2 heterocycles. The molecule has 0 spiro atoms. The zero-order chi connectivity index (χ0) is 14.7. The van der Waals surface area contributed by atoms with Crippen molar-refractivity contribution in [3.05, 3.63) is 17.6 Å². The molecule has 0 aliphatic carbocycles. The summed E-state index contributed by atoms with van der Waals surface area (Å²) in [6, 6.07) is 1.85. The van der Waals surface area contributed by atoms with Gasteiger partial charge < -0.3 is 15.1 Å². The molecule has 0 aromatic carbocycles. The Kier molecular flexibility index (Phi) is 4.16. The van der Waals surface area contributed by atoms with Crippen molar-refractivity contribution in [3.8, 4) is 0 Å². The maximum Gasteiger partial charge on any atom is 0.243 e. The Hall–Kier alpha value is -2.18. The minimum atomic E-state index is -0.0813. The van der Waals surface area contributed by atoms with Crippen molar-refractivity contribution in [3.63, 3.8) is 0 Å². The fraction of sp³-hybridized carbons (Fsp3) is 0.538. The first kappa shape index (κ1) is 14.2. The third-order valence-electron chi connectivity index (χ3n) is 3.07. The van der Waals surface area contributed by atoms with Crippen molar-refractivity contribution in [2.24, 2.45) is 0 Å². The SMILES string of the molecule is CCNc1cc(C)nc(CN2CC(=O)N(C)CC2=O)n1. The van der Waals surface area contributed by atoms with Gasteiger partial charge in [-0.3, -0.25) is 9.59 Å². The first-order chi connectivity index (χ1) is 9.49. The van der Waals surface area contributed by atoms with Crippen molar-refractivity contribution in [2.75, 3.05) is 32.0 Å². The zero-order valence-corrected chi connectivity index (χ0v) is 12.0. The minimum absolute atomic E-state index is 0.0656. The van der Waals surface area contributed by atoms with Crippen LogP contribution in [0.5, 0.6) is 0 Å². The van der Waals surface area contributed by atoms with Crippen molar-refractivity contribution in [1.29, 1.82) is 0 Å². The van der Waals surface area contributed by atoms with Crippen LogP contribution in [0, 0.1) is 6.92 Å². The van der Waals surface area contributed by atoms with Gasteiger partial charge >= 0.3 is 0 Å². The molecule has 1 aliphatic heterocycles. The molecule has 2 amide bonds. The number of aryl methyl sites for hydroxylation is 1. The van der Waals surface area contributed by atoms with Gasteiger partial charge in [0.05, 0.1) is 13.1 Å². The quantitative estimate of drug-likeness (QED) is 0.839. The summed E-state index contributed by atoms with van der Waals surface area (Å²) in [5, 5.41) is 3.12. The molecule has 0 bridgehead atoms. The van der Waals surface area contributed by atoms with Gasteiger partial charge in [-0.15, -0.1) is 0 Å². The maximum absolute atomic E-state index is 11.9. The van der Waals surface area contributed by atoms with Gasteiger partial charge in [-0.05, 0) is 13.8 Å². The molecule has 1 N–H and O–H groups in total. The molecule has 0 radical (unpaired) electrons. The van der Waals surface area contributed by atoms with Gasteiger partial charge in [0.1, 0.15) is 18.2 Å². The van der Waals surface area contributed by atoms with E-state index in [0.29, 0.717) is 5.82 Å². The van der Waals surface area contributed by atoms with Crippen LogP contribution in [0.3, 0.4) is 0 Å². The van der Waals surface area contributed by atoms with Crippen LogP contribution >= 0.6 is 0 Å². The molecule has 7 nitrogen and oxygen atoms in total. The lowest BCUT2D eigenvalue weighted by Gasteiger charge is -2.31. The summed E-state index contributed by atoms with van der Waals surface area (Å²) in [6.07, 6.45) is 0. The summed E-state index contributed by atoms with van der Waals surface area (Å²) < 4.78 is 0. The van der Waals surface area contributed by atoms with Gasteiger partial charge in [-0.25, -0.2) is 9.97 Å². The Bertz CT molecular complexity index is 531. The molecule has 1 saturated heterocycles. The van der Waals surface area contributed by atoms with Crippen LogP contribution in [0.15, 0.2) is 6.07 Å². The van der Waals surface area contributed by atoms with E-state index >= 15 is 0 Å². The van der Waals surface area contributed by atoms with Crippen molar-refractivity contribution < 1.29 is 9.59 Å². The number of carbonyl (C=O) groups excluding carboxylic acids is 2. The zero-order valence-electron chi connectivity index (χ0n) is 12.0. The molecule has 20 heavy (non-hydrogen) atoms. The summed E-state index contributed by atoms with van der Waals surface area (Å²) in [6.45, 7) is 5.09. The number of piperazine rings is 1. The van der Waals surface area contributed by atoms with E-state index in [1.807, 2.05) is 19.9 Å². The number of amides is 2. The third kappa shape index (κ3) is 3.23. The Balaban J connectivity index is 2.13. The summed E-state index contributed by atoms with van der Waals surface area (Å²) in [4.78, 5) is 35.2. The van der Waals surface area contributed by atoms with Gasteiger partial charge in [0.2, 0.25) is 11.8 Å². The molecular weight excluding hydrogens is 258 g/mol. The monoisotopic (exact) mass is 277 g/mol. The normalized spacial score (nSPS) is 15.8. The molecule has 1 fully saturated rings. The number of anilines is 1. The molecule has 2 rings (SSSR count). The van der Waals surface area contributed by atoms with Gasteiger partial charge in [0, 0.05) is 25.4 Å². The number of aromatic nitrogens is 2. The number of rotatable bonds is 4. The Morgan fingerprint density at radius 2 is 2.00 bits per heavy atom. The molecule has 1 aromatic rings. The number of nitrogens with zero attached hydrogens (tertiary/aromatic N) is 4. The molecule has 1 aromatic heterocycles. The summed E-state index contributed by atoms with van der Waals surface area (Å²) >= 11 is 0. The average molecular weight is 277 g/mol. The van der Waals surface area contributed by atoms with E-state index < -0.39 is 0 Å². The van der Waals surface area contributed by atoms with E-state index in [0.717, 1.165) is 18.1 Å². The standard InChI is InChI=1S/C13H19N5O2/c1-4-14-10-5-9(2)15-11(16-10)6-18-8-12(19)17(3)7-13(18)20/h5H,4,6-8H2,1-3H3,(H,14,15,16). The highest BCUT2D eigenvalue weighted by atomic mass is 16.2. The second-order valence-corrected chi connectivity index (χ2v) is 4.84. The van der Waals surface area contributed by atoms with E-state index in [1.165, 1.54) is 9.80 Å². The smallest absolute Gasteiger partial charge is 0.243 e. The highest BCUT2D eigenvalue weighted by Gasteiger charge is 2.28.